The van der Waals surface area contributed by atoms with Gasteiger partial charge in [-0.15, -0.1) is 0 Å². The zero-order valence-electron chi connectivity index (χ0n) is 28.0. The van der Waals surface area contributed by atoms with E-state index in [1.165, 1.54) is 0 Å². The van der Waals surface area contributed by atoms with E-state index in [4.69, 9.17) is 5.73 Å². The van der Waals surface area contributed by atoms with Crippen LogP contribution in [0.25, 0.3) is 0 Å². The fraction of sp³-hybridized carbons (Fsp3) is 0.531. The molecule has 51 heavy (non-hydrogen) atoms. The molecule has 1 saturated heterocycles. The van der Waals surface area contributed by atoms with Crippen molar-refractivity contribution in [3.05, 3.63) is 29.6 Å². The van der Waals surface area contributed by atoms with Gasteiger partial charge in [0.1, 0.15) is 18.1 Å². The van der Waals surface area contributed by atoms with E-state index in [0.717, 1.165) is 55.5 Å². The molecule has 2 aliphatic rings. The maximum absolute atomic E-state index is 13.2. The maximum Gasteiger partial charge on any atom is 0.338 e. The largest absolute Gasteiger partial charge is 0.478 e. The van der Waals surface area contributed by atoms with Gasteiger partial charge in [-0.2, -0.15) is 0 Å². The van der Waals surface area contributed by atoms with Crippen LogP contribution in [0.2, 0.25) is 0 Å². The number of primary amides is 1. The Morgan fingerprint density at radius 2 is 1.67 bits per heavy atom. The number of nitrogens with one attached hydrogen (secondary N) is 5. The van der Waals surface area contributed by atoms with Crippen molar-refractivity contribution in [3.8, 4) is 0 Å². The van der Waals surface area contributed by atoms with E-state index >= 15 is 0 Å². The van der Waals surface area contributed by atoms with Gasteiger partial charge in [-0.05, 0) is 38.2 Å². The summed E-state index contributed by atoms with van der Waals surface area (Å²) in [7, 11) is 0. The molecular formula is C32H42N8O11. The SMILES string of the molecule is CCNC(=O)C(=O)CC[C@H](NC(=O)c1ccncc1C(=O)O)C(=O)NCC(=O)N1CC(=O)C[C@H]1C(=O)NCC(=O)N[C@H](C(N)=O)C1CCCCC1. The van der Waals surface area contributed by atoms with Gasteiger partial charge in [0.2, 0.25) is 35.3 Å². The van der Waals surface area contributed by atoms with E-state index in [9.17, 15) is 53.1 Å². The van der Waals surface area contributed by atoms with Crippen molar-refractivity contribution in [1.29, 1.82) is 0 Å². The Hall–Kier alpha value is -5.75. The van der Waals surface area contributed by atoms with Gasteiger partial charge in [-0.1, -0.05) is 19.3 Å². The molecule has 1 aromatic heterocycles. The van der Waals surface area contributed by atoms with Gasteiger partial charge in [0.25, 0.3) is 11.8 Å². The number of nitrogens with two attached hydrogens (primary N) is 1. The van der Waals surface area contributed by atoms with Crippen LogP contribution in [0.1, 0.15) is 79.0 Å². The number of hydrogen-bond acceptors (Lipinski definition) is 11. The minimum atomic E-state index is -1.53. The van der Waals surface area contributed by atoms with Crippen LogP contribution in [0.3, 0.4) is 0 Å². The molecule has 0 unspecified atom stereocenters. The van der Waals surface area contributed by atoms with E-state index < -0.39 is 115 Å². The predicted molar refractivity (Wildman–Crippen MR) is 174 cm³/mol. The number of ketones is 2. The average Bonchev–Trinajstić information content (AvgIpc) is 3.51. The van der Waals surface area contributed by atoms with Crippen LogP contribution in [0.5, 0.6) is 0 Å². The number of carbonyl (C=O) groups is 10. The Morgan fingerprint density at radius 3 is 2.31 bits per heavy atom. The molecule has 0 radical (unpaired) electrons. The first-order valence-corrected chi connectivity index (χ1v) is 16.5. The average molecular weight is 715 g/mol. The summed E-state index contributed by atoms with van der Waals surface area (Å²) < 4.78 is 0. The molecule has 19 nitrogen and oxygen atoms in total. The summed E-state index contributed by atoms with van der Waals surface area (Å²) in [5.41, 5.74) is 4.68. The number of rotatable bonds is 17. The molecule has 8 N–H and O–H groups in total. The smallest absolute Gasteiger partial charge is 0.338 e. The summed E-state index contributed by atoms with van der Waals surface area (Å²) in [6.07, 6.45) is 5.04. The molecule has 19 heteroatoms. The first-order valence-electron chi connectivity index (χ1n) is 16.5. The third kappa shape index (κ3) is 11.4. The highest BCUT2D eigenvalue weighted by atomic mass is 16.4. The number of aromatic carboxylic acids is 1. The van der Waals surface area contributed by atoms with Crippen LogP contribution >= 0.6 is 0 Å². The Morgan fingerprint density at radius 1 is 0.961 bits per heavy atom. The number of carboxylic acids is 1. The van der Waals surface area contributed by atoms with Crippen molar-refractivity contribution >= 4 is 58.9 Å². The Bertz CT molecular complexity index is 1560. The van der Waals surface area contributed by atoms with Crippen molar-refractivity contribution in [2.24, 2.45) is 11.7 Å². The van der Waals surface area contributed by atoms with E-state index in [2.05, 4.69) is 31.6 Å². The van der Waals surface area contributed by atoms with E-state index in [-0.39, 0.29) is 24.4 Å². The lowest BCUT2D eigenvalue weighted by Gasteiger charge is -2.29. The Labute approximate surface area is 292 Å². The van der Waals surface area contributed by atoms with E-state index in [1.54, 1.807) is 6.92 Å². The molecule has 2 fully saturated rings. The number of carbonyl (C=O) groups excluding carboxylic acids is 9. The number of Topliss-reactive ketones (excluding diaryl/α,β-unsaturated/α-hetero) is 2. The second kappa shape index (κ2) is 18.9. The summed E-state index contributed by atoms with van der Waals surface area (Å²) in [5, 5.41) is 21.2. The molecule has 2 heterocycles. The van der Waals surface area contributed by atoms with Gasteiger partial charge < -0.3 is 42.3 Å². The monoisotopic (exact) mass is 714 g/mol. The number of pyridine rings is 1. The van der Waals surface area contributed by atoms with Gasteiger partial charge in [0.15, 0.2) is 5.78 Å². The molecule has 1 aromatic rings. The molecule has 7 amide bonds. The standard InChI is InChI=1S/C32H42N8O11/c1-2-35-31(49)23(42)9-8-21(38-28(46)19-10-11-34-13-20(19)32(50)51)29(47)37-15-25(44)40-16-18(41)12-22(40)30(48)36-14-24(43)39-26(27(33)45)17-6-4-3-5-7-17/h10-11,13,17,21-22,26H,2-9,12,14-16H2,1H3,(H2,33,45)(H,35,49)(H,36,48)(H,37,47)(H,38,46)(H,39,43)(H,50,51)/t21-,22-,26-/m0/s1. The third-order valence-corrected chi connectivity index (χ3v) is 8.52. The number of likely N-dealkylation sites (tertiary alicyclic amines) is 1. The van der Waals surface area contributed by atoms with Crippen LogP contribution in [-0.2, 0) is 38.4 Å². The first-order chi connectivity index (χ1) is 24.2. The van der Waals surface area contributed by atoms with Crippen LogP contribution in [-0.4, -0.2) is 118 Å². The van der Waals surface area contributed by atoms with Crippen LogP contribution in [0, 0.1) is 5.92 Å². The molecule has 1 aliphatic heterocycles. The molecule has 0 bridgehead atoms. The highest BCUT2D eigenvalue weighted by Crippen LogP contribution is 2.26. The summed E-state index contributed by atoms with van der Waals surface area (Å²) in [5.74, 6) is -8.96. The lowest BCUT2D eigenvalue weighted by Crippen LogP contribution is -2.54. The number of aromatic nitrogens is 1. The maximum atomic E-state index is 13.2. The summed E-state index contributed by atoms with van der Waals surface area (Å²) >= 11 is 0. The lowest BCUT2D eigenvalue weighted by atomic mass is 9.83. The fourth-order valence-electron chi connectivity index (χ4n) is 5.89. The second-order valence-corrected chi connectivity index (χ2v) is 12.1. The lowest BCUT2D eigenvalue weighted by molar-refractivity contribution is -0.139. The van der Waals surface area contributed by atoms with Gasteiger partial charge >= 0.3 is 5.97 Å². The summed E-state index contributed by atoms with van der Waals surface area (Å²) in [6.45, 7) is -0.0351. The number of nitrogens with zero attached hydrogens (tertiary/aromatic N) is 2. The van der Waals surface area contributed by atoms with Gasteiger partial charge in [-0.25, -0.2) is 4.79 Å². The molecule has 0 spiro atoms. The Kier molecular flexibility index (Phi) is 14.7. The topological polar surface area (TPSA) is 293 Å². The summed E-state index contributed by atoms with van der Waals surface area (Å²) in [6, 6.07) is -2.66. The zero-order valence-corrected chi connectivity index (χ0v) is 28.0. The number of amides is 7. The molecule has 3 rings (SSSR count). The van der Waals surface area contributed by atoms with Crippen molar-refractivity contribution < 1.29 is 53.1 Å². The van der Waals surface area contributed by atoms with Crippen molar-refractivity contribution in [1.82, 2.24) is 36.5 Å². The number of carboxylic acid groups (broad SMARTS) is 1. The zero-order chi connectivity index (χ0) is 37.7. The quantitative estimate of drug-likeness (QED) is 0.0813. The van der Waals surface area contributed by atoms with Crippen LogP contribution in [0.15, 0.2) is 18.5 Å². The molecule has 3 atom stereocenters. The van der Waals surface area contributed by atoms with E-state index in [0.29, 0.717) is 0 Å². The first kappa shape index (κ1) is 39.7. The molecule has 0 aromatic carbocycles. The normalized spacial score (nSPS) is 17.0. The fourth-order valence-corrected chi connectivity index (χ4v) is 5.89. The minimum Gasteiger partial charge on any atom is -0.478 e. The summed E-state index contributed by atoms with van der Waals surface area (Å²) in [4.78, 5) is 130. The van der Waals surface area contributed by atoms with Crippen LogP contribution in [0.4, 0.5) is 0 Å². The van der Waals surface area contributed by atoms with Crippen molar-refractivity contribution in [3.63, 3.8) is 0 Å². The van der Waals surface area contributed by atoms with E-state index in [1.807, 2.05) is 0 Å². The highest BCUT2D eigenvalue weighted by Gasteiger charge is 2.39. The molecule has 276 valence electrons. The van der Waals surface area contributed by atoms with Gasteiger partial charge in [0, 0.05) is 31.8 Å². The third-order valence-electron chi connectivity index (χ3n) is 8.52. The Balaban J connectivity index is 1.63. The van der Waals surface area contributed by atoms with Gasteiger partial charge in [-0.3, -0.25) is 48.1 Å². The highest BCUT2D eigenvalue weighted by molar-refractivity contribution is 6.36. The van der Waals surface area contributed by atoms with Crippen LogP contribution < -0.4 is 32.3 Å². The number of likely N-dealkylation sites (N-methyl/N-ethyl adjacent to an activating group) is 1. The minimum absolute atomic E-state index is 0.126. The second-order valence-electron chi connectivity index (χ2n) is 12.1. The molecule has 1 saturated carbocycles. The number of hydrogen-bond donors (Lipinski definition) is 7. The predicted octanol–water partition coefficient (Wildman–Crippen LogP) is -2.68. The van der Waals surface area contributed by atoms with Crippen molar-refractivity contribution in [2.45, 2.75) is 76.4 Å². The molecular weight excluding hydrogens is 672 g/mol. The van der Waals surface area contributed by atoms with Crippen molar-refractivity contribution in [2.75, 3.05) is 26.2 Å². The van der Waals surface area contributed by atoms with Gasteiger partial charge in [0.05, 0.1) is 30.8 Å². The molecule has 1 aliphatic carbocycles.